The number of carbonyl (C=O) groups is 1. The van der Waals surface area contributed by atoms with Crippen LogP contribution < -0.4 is 10.2 Å². The Morgan fingerprint density at radius 1 is 1.10 bits per heavy atom. The highest BCUT2D eigenvalue weighted by Crippen LogP contribution is 2.30. The highest BCUT2D eigenvalue weighted by molar-refractivity contribution is 5.94. The van der Waals surface area contributed by atoms with Crippen molar-refractivity contribution in [2.24, 2.45) is 11.8 Å². The molecule has 2 aliphatic rings. The van der Waals surface area contributed by atoms with Gasteiger partial charge in [-0.15, -0.1) is 0 Å². The Morgan fingerprint density at radius 2 is 1.81 bits per heavy atom. The lowest BCUT2D eigenvalue weighted by Crippen LogP contribution is -2.52. The van der Waals surface area contributed by atoms with Gasteiger partial charge in [-0.3, -0.25) is 9.78 Å². The van der Waals surface area contributed by atoms with Crippen LogP contribution in [0, 0.1) is 11.8 Å². The van der Waals surface area contributed by atoms with E-state index in [2.05, 4.69) is 58.2 Å². The topological polar surface area (TPSA) is 48.5 Å². The van der Waals surface area contributed by atoms with Crippen LogP contribution in [0.3, 0.4) is 0 Å². The van der Waals surface area contributed by atoms with Crippen molar-refractivity contribution in [1.29, 1.82) is 0 Å². The summed E-state index contributed by atoms with van der Waals surface area (Å²) in [5, 5.41) is 3.10. The Kier molecular flexibility index (Phi) is 7.23. The van der Waals surface area contributed by atoms with Gasteiger partial charge in [-0.25, -0.2) is 0 Å². The minimum absolute atomic E-state index is 0.0410. The number of hydrogen-bond acceptors (Lipinski definition) is 4. The van der Waals surface area contributed by atoms with E-state index in [9.17, 15) is 4.79 Å². The average molecular weight is 421 g/mol. The molecular formula is C26H36N4O. The number of aromatic nitrogens is 1. The van der Waals surface area contributed by atoms with Gasteiger partial charge in [-0.1, -0.05) is 38.8 Å². The second-order valence-corrected chi connectivity index (χ2v) is 9.18. The molecule has 0 unspecified atom stereocenters. The van der Waals surface area contributed by atoms with Gasteiger partial charge >= 0.3 is 0 Å². The number of amides is 1. The van der Waals surface area contributed by atoms with Crippen molar-refractivity contribution >= 4 is 17.3 Å². The van der Waals surface area contributed by atoms with Crippen LogP contribution in [0.4, 0.5) is 11.4 Å². The molecular weight excluding hydrogens is 384 g/mol. The van der Waals surface area contributed by atoms with Gasteiger partial charge in [-0.05, 0) is 67.6 Å². The number of rotatable bonds is 8. The van der Waals surface area contributed by atoms with Crippen LogP contribution in [0.5, 0.6) is 0 Å². The van der Waals surface area contributed by atoms with Crippen LogP contribution in [-0.4, -0.2) is 48.5 Å². The van der Waals surface area contributed by atoms with Crippen molar-refractivity contribution in [3.63, 3.8) is 0 Å². The minimum Gasteiger partial charge on any atom is -0.369 e. The second-order valence-electron chi connectivity index (χ2n) is 9.18. The smallest absolute Gasteiger partial charge is 0.231 e. The number of nitrogens with zero attached hydrogens (tertiary/aromatic N) is 3. The maximum atomic E-state index is 12.6. The maximum Gasteiger partial charge on any atom is 0.231 e. The zero-order valence-corrected chi connectivity index (χ0v) is 19.0. The van der Waals surface area contributed by atoms with Gasteiger partial charge in [-0.2, -0.15) is 0 Å². The van der Waals surface area contributed by atoms with E-state index in [1.165, 1.54) is 50.9 Å². The summed E-state index contributed by atoms with van der Waals surface area (Å²) in [6, 6.07) is 12.5. The number of piperidine rings is 1. The van der Waals surface area contributed by atoms with Crippen molar-refractivity contribution in [3.8, 4) is 0 Å². The summed E-state index contributed by atoms with van der Waals surface area (Å²) in [7, 11) is 0. The van der Waals surface area contributed by atoms with Crippen LogP contribution >= 0.6 is 0 Å². The first-order valence-electron chi connectivity index (χ1n) is 11.9. The van der Waals surface area contributed by atoms with E-state index in [1.807, 2.05) is 18.3 Å². The van der Waals surface area contributed by atoms with Crippen molar-refractivity contribution in [2.75, 3.05) is 42.9 Å². The molecule has 1 aromatic carbocycles. The number of nitrogens with one attached hydrogen (secondary N) is 1. The number of carbonyl (C=O) groups excluding carboxylic acids is 1. The molecule has 2 aromatic rings. The normalized spacial score (nSPS) is 18.2. The van der Waals surface area contributed by atoms with E-state index in [1.54, 1.807) is 6.20 Å². The van der Waals surface area contributed by atoms with Crippen molar-refractivity contribution in [1.82, 2.24) is 9.88 Å². The van der Waals surface area contributed by atoms with Gasteiger partial charge in [0.05, 0.1) is 17.8 Å². The zero-order chi connectivity index (χ0) is 21.6. The molecule has 4 rings (SSSR count). The summed E-state index contributed by atoms with van der Waals surface area (Å²) in [4.78, 5) is 21.6. The lowest BCUT2D eigenvalue weighted by atomic mass is 9.88. The van der Waals surface area contributed by atoms with E-state index < -0.39 is 0 Å². The highest BCUT2D eigenvalue weighted by atomic mass is 16.2. The molecule has 2 aliphatic heterocycles. The molecule has 5 nitrogen and oxygen atoms in total. The molecule has 31 heavy (non-hydrogen) atoms. The molecule has 0 atom stereocenters. The molecule has 0 radical (unpaired) electrons. The lowest BCUT2D eigenvalue weighted by molar-refractivity contribution is -0.120. The van der Waals surface area contributed by atoms with Gasteiger partial charge in [0.2, 0.25) is 5.91 Å². The van der Waals surface area contributed by atoms with E-state index in [-0.39, 0.29) is 11.8 Å². The fraction of sp³-hybridized carbons (Fsp3) is 0.538. The third kappa shape index (κ3) is 5.45. The van der Waals surface area contributed by atoms with Gasteiger partial charge < -0.3 is 15.1 Å². The number of likely N-dealkylation sites (tertiary alicyclic amines) is 1. The SMILES string of the molecule is CCC(CC)CN1CCC(c2ccc(NC(=O)C3CN(c4cccnc4)C3)cc2)CC1. The first-order chi connectivity index (χ1) is 15.2. The van der Waals surface area contributed by atoms with Crippen LogP contribution in [-0.2, 0) is 4.79 Å². The summed E-state index contributed by atoms with van der Waals surface area (Å²) in [6.45, 7) is 9.79. The first kappa shape index (κ1) is 21.8. The number of anilines is 2. The molecule has 5 heteroatoms. The van der Waals surface area contributed by atoms with E-state index in [0.717, 1.165) is 30.4 Å². The average Bonchev–Trinajstić information content (AvgIpc) is 2.78. The van der Waals surface area contributed by atoms with Gasteiger partial charge in [0.1, 0.15) is 0 Å². The third-order valence-corrected chi connectivity index (χ3v) is 7.17. The Hall–Kier alpha value is -2.40. The number of pyridine rings is 1. The molecule has 0 saturated carbocycles. The van der Waals surface area contributed by atoms with E-state index in [4.69, 9.17) is 0 Å². The van der Waals surface area contributed by atoms with Crippen molar-refractivity contribution in [2.45, 2.75) is 45.4 Å². The standard InChI is InChI=1S/C26H36N4O/c1-3-20(4-2)17-29-14-11-22(12-15-29)21-7-9-24(10-8-21)28-26(31)23-18-30(19-23)25-6-5-13-27-16-25/h5-10,13,16,20,22-23H,3-4,11-12,14-15,17-19H2,1-2H3,(H,28,31). The van der Waals surface area contributed by atoms with Crippen LogP contribution in [0.2, 0.25) is 0 Å². The molecule has 0 spiro atoms. The second kappa shape index (κ2) is 10.3. The number of benzene rings is 1. The predicted molar refractivity (Wildman–Crippen MR) is 127 cm³/mol. The Labute approximate surface area is 186 Å². The fourth-order valence-electron chi connectivity index (χ4n) is 4.84. The van der Waals surface area contributed by atoms with Gasteiger partial charge in [0, 0.05) is 31.5 Å². The molecule has 2 fully saturated rings. The van der Waals surface area contributed by atoms with Crippen LogP contribution in [0.15, 0.2) is 48.8 Å². The summed E-state index contributed by atoms with van der Waals surface area (Å²) in [5.74, 6) is 1.64. The summed E-state index contributed by atoms with van der Waals surface area (Å²) >= 11 is 0. The first-order valence-corrected chi connectivity index (χ1v) is 11.9. The molecule has 166 valence electrons. The van der Waals surface area contributed by atoms with Crippen molar-refractivity contribution < 1.29 is 4.79 Å². The monoisotopic (exact) mass is 420 g/mol. The predicted octanol–water partition coefficient (Wildman–Crippen LogP) is 4.77. The maximum absolute atomic E-state index is 12.6. The van der Waals surface area contributed by atoms with Crippen molar-refractivity contribution in [3.05, 3.63) is 54.4 Å². The molecule has 0 bridgehead atoms. The third-order valence-electron chi connectivity index (χ3n) is 7.17. The molecule has 1 aromatic heterocycles. The number of hydrogen-bond donors (Lipinski definition) is 1. The largest absolute Gasteiger partial charge is 0.369 e. The Bertz CT molecular complexity index is 820. The molecule has 3 heterocycles. The summed E-state index contributed by atoms with van der Waals surface area (Å²) in [6.07, 6.45) is 8.66. The zero-order valence-electron chi connectivity index (χ0n) is 19.0. The van der Waals surface area contributed by atoms with E-state index >= 15 is 0 Å². The molecule has 1 amide bonds. The van der Waals surface area contributed by atoms with Gasteiger partial charge in [0.25, 0.3) is 0 Å². The Balaban J connectivity index is 1.22. The fourth-order valence-corrected chi connectivity index (χ4v) is 4.84. The summed E-state index contributed by atoms with van der Waals surface area (Å²) in [5.41, 5.74) is 3.40. The molecule has 1 N–H and O–H groups in total. The van der Waals surface area contributed by atoms with Gasteiger partial charge in [0.15, 0.2) is 0 Å². The van der Waals surface area contributed by atoms with Crippen LogP contribution in [0.1, 0.15) is 51.0 Å². The highest BCUT2D eigenvalue weighted by Gasteiger charge is 2.33. The minimum atomic E-state index is 0.0410. The van der Waals surface area contributed by atoms with E-state index in [0.29, 0.717) is 5.92 Å². The van der Waals surface area contributed by atoms with Crippen LogP contribution in [0.25, 0.3) is 0 Å². The lowest BCUT2D eigenvalue weighted by Gasteiger charge is -2.39. The molecule has 0 aliphatic carbocycles. The molecule has 2 saturated heterocycles. The summed E-state index contributed by atoms with van der Waals surface area (Å²) < 4.78 is 0. The quantitative estimate of drug-likeness (QED) is 0.668. The Morgan fingerprint density at radius 3 is 2.42 bits per heavy atom.